The van der Waals surface area contributed by atoms with E-state index in [2.05, 4.69) is 19.9 Å². The average molecular weight is 596 g/mol. The van der Waals surface area contributed by atoms with E-state index in [-0.39, 0.29) is 11.5 Å². The van der Waals surface area contributed by atoms with E-state index in [0.29, 0.717) is 45.4 Å². The third kappa shape index (κ3) is 6.27. The molecule has 0 amide bonds. The Labute approximate surface area is 256 Å². The minimum absolute atomic E-state index is 0.186. The van der Waals surface area contributed by atoms with Gasteiger partial charge in [0.1, 0.15) is 12.4 Å². The number of hydrogen-bond donors (Lipinski definition) is 0. The molecule has 0 atom stereocenters. The molecule has 5 rings (SSSR count). The van der Waals surface area contributed by atoms with E-state index in [1.807, 2.05) is 62.4 Å². The topological polar surface area (TPSA) is 74.9 Å². The van der Waals surface area contributed by atoms with Crippen LogP contribution in [-0.4, -0.2) is 30.1 Å². The van der Waals surface area contributed by atoms with Gasteiger partial charge in [0.05, 0.1) is 31.3 Å². The summed E-state index contributed by atoms with van der Waals surface area (Å²) in [7, 11) is 3.22. The fourth-order valence-corrected chi connectivity index (χ4v) is 5.26. The van der Waals surface area contributed by atoms with Gasteiger partial charge in [0.2, 0.25) is 0 Å². The number of aromatic nitrogens is 2. The number of benzene rings is 4. The number of hydrogen-bond acceptors (Lipinski definition) is 6. The molecule has 7 nitrogen and oxygen atoms in total. The lowest BCUT2D eigenvalue weighted by molar-refractivity contribution is 0.284. The molecule has 0 aliphatic rings. The molecule has 0 spiro atoms. The molecule has 0 bridgehead atoms. The van der Waals surface area contributed by atoms with Crippen LogP contribution in [0.25, 0.3) is 22.3 Å². The number of nitrogens with zero attached hydrogens (tertiary/aromatic N) is 3. The molecule has 0 aliphatic heterocycles. The molecule has 43 heavy (non-hydrogen) atoms. The van der Waals surface area contributed by atoms with Gasteiger partial charge in [0.15, 0.2) is 17.3 Å². The second-order valence-corrected chi connectivity index (χ2v) is 11.1. The van der Waals surface area contributed by atoms with Crippen molar-refractivity contribution in [3.05, 3.63) is 116 Å². The highest BCUT2D eigenvalue weighted by Crippen LogP contribution is 2.36. The second-order valence-electron chi connectivity index (χ2n) is 10.7. The smallest absolute Gasteiger partial charge is 0.282 e. The van der Waals surface area contributed by atoms with Crippen molar-refractivity contribution in [2.24, 2.45) is 5.10 Å². The van der Waals surface area contributed by atoms with Crippen molar-refractivity contribution in [1.29, 1.82) is 0 Å². The van der Waals surface area contributed by atoms with Crippen LogP contribution in [0.4, 0.5) is 0 Å². The third-order valence-electron chi connectivity index (χ3n) is 7.24. The molecular weight excluding hydrogens is 562 g/mol. The van der Waals surface area contributed by atoms with Gasteiger partial charge in [-0.2, -0.15) is 9.78 Å². The lowest BCUT2D eigenvalue weighted by atomic mass is 9.96. The zero-order chi connectivity index (χ0) is 30.7. The molecule has 0 saturated carbocycles. The summed E-state index contributed by atoms with van der Waals surface area (Å²) in [5.74, 6) is 2.31. The van der Waals surface area contributed by atoms with Crippen LogP contribution in [0, 0.1) is 13.8 Å². The van der Waals surface area contributed by atoms with E-state index in [1.165, 1.54) is 4.68 Å². The summed E-state index contributed by atoms with van der Waals surface area (Å²) in [6.45, 7) is 8.51. The Bertz CT molecular complexity index is 1900. The Hall–Kier alpha value is -4.62. The average Bonchev–Trinajstić information content (AvgIpc) is 2.99. The molecule has 0 N–H and O–H groups in total. The van der Waals surface area contributed by atoms with Crippen molar-refractivity contribution >= 4 is 28.7 Å². The Balaban J connectivity index is 1.68. The van der Waals surface area contributed by atoms with Crippen molar-refractivity contribution in [3.8, 4) is 28.6 Å². The summed E-state index contributed by atoms with van der Waals surface area (Å²) in [5, 5.41) is 5.60. The Morgan fingerprint density at radius 2 is 1.72 bits per heavy atom. The highest BCUT2D eigenvalue weighted by Gasteiger charge is 2.19. The van der Waals surface area contributed by atoms with Crippen LogP contribution in [0.15, 0.2) is 82.7 Å². The summed E-state index contributed by atoms with van der Waals surface area (Å²) in [6, 6.07) is 22.8. The predicted molar refractivity (Wildman–Crippen MR) is 173 cm³/mol. The van der Waals surface area contributed by atoms with Crippen molar-refractivity contribution in [2.75, 3.05) is 14.2 Å². The van der Waals surface area contributed by atoms with Crippen LogP contribution in [0.1, 0.15) is 47.6 Å². The first-order valence-corrected chi connectivity index (χ1v) is 14.4. The molecule has 1 heterocycles. The zero-order valence-corrected chi connectivity index (χ0v) is 25.9. The van der Waals surface area contributed by atoms with Crippen molar-refractivity contribution in [3.63, 3.8) is 0 Å². The summed E-state index contributed by atoms with van der Waals surface area (Å²) >= 11 is 6.46. The van der Waals surface area contributed by atoms with Crippen molar-refractivity contribution < 1.29 is 14.2 Å². The van der Waals surface area contributed by atoms with E-state index in [4.69, 9.17) is 35.9 Å². The number of para-hydroxylation sites is 1. The lowest BCUT2D eigenvalue weighted by Gasteiger charge is -2.17. The van der Waals surface area contributed by atoms with Crippen LogP contribution in [0.3, 0.4) is 0 Å². The Kier molecular flexibility index (Phi) is 8.83. The van der Waals surface area contributed by atoms with E-state index >= 15 is 0 Å². The molecular formula is C35H34ClN3O4. The molecule has 0 unspecified atom stereocenters. The molecule has 220 valence electrons. The Morgan fingerprint density at radius 3 is 2.44 bits per heavy atom. The molecule has 0 saturated heterocycles. The third-order valence-corrected chi connectivity index (χ3v) is 7.46. The quantitative estimate of drug-likeness (QED) is 0.162. The van der Waals surface area contributed by atoms with E-state index in [0.717, 1.165) is 33.6 Å². The maximum atomic E-state index is 13.9. The molecule has 8 heteroatoms. The largest absolute Gasteiger partial charge is 0.496 e. The van der Waals surface area contributed by atoms with Crippen LogP contribution >= 0.6 is 11.6 Å². The first-order chi connectivity index (χ1) is 20.7. The van der Waals surface area contributed by atoms with Crippen molar-refractivity contribution in [1.82, 2.24) is 9.66 Å². The predicted octanol–water partition coefficient (Wildman–Crippen LogP) is 7.94. The fourth-order valence-electron chi connectivity index (χ4n) is 5.04. The summed E-state index contributed by atoms with van der Waals surface area (Å²) in [6.07, 6.45) is 1.56. The van der Waals surface area contributed by atoms with Gasteiger partial charge in [-0.3, -0.25) is 4.79 Å². The minimum atomic E-state index is -0.297. The van der Waals surface area contributed by atoms with Gasteiger partial charge in [-0.05, 0) is 66.8 Å². The van der Waals surface area contributed by atoms with Gasteiger partial charge in [0, 0.05) is 22.2 Å². The number of methoxy groups -OCH3 is 2. The maximum absolute atomic E-state index is 13.9. The number of rotatable bonds is 9. The van der Waals surface area contributed by atoms with E-state index in [1.54, 1.807) is 38.6 Å². The van der Waals surface area contributed by atoms with E-state index in [9.17, 15) is 4.79 Å². The van der Waals surface area contributed by atoms with Gasteiger partial charge in [-0.1, -0.05) is 67.4 Å². The SMILES string of the molecule is COc1cc(C)c(-c2nc3ccccc3c(=O)n2N=Cc2cc(Cl)cc(OC)c2OCc2cccc(C)c2)cc1C(C)C. The fraction of sp³-hybridized carbons (Fsp3) is 0.229. The molecule has 1 aromatic heterocycles. The number of fused-ring (bicyclic) bond motifs is 1. The van der Waals surface area contributed by atoms with Gasteiger partial charge in [-0.15, -0.1) is 0 Å². The minimum Gasteiger partial charge on any atom is -0.496 e. The lowest BCUT2D eigenvalue weighted by Crippen LogP contribution is -2.21. The maximum Gasteiger partial charge on any atom is 0.282 e. The first-order valence-electron chi connectivity index (χ1n) is 14.0. The Morgan fingerprint density at radius 1 is 0.953 bits per heavy atom. The summed E-state index contributed by atoms with van der Waals surface area (Å²) in [5.41, 5.74) is 5.67. The molecule has 4 aromatic carbocycles. The van der Waals surface area contributed by atoms with Crippen LogP contribution in [-0.2, 0) is 6.61 Å². The number of ether oxygens (including phenoxy) is 3. The van der Waals surface area contributed by atoms with Crippen LogP contribution in [0.2, 0.25) is 5.02 Å². The summed E-state index contributed by atoms with van der Waals surface area (Å²) < 4.78 is 18.9. The molecule has 0 aliphatic carbocycles. The summed E-state index contributed by atoms with van der Waals surface area (Å²) in [4.78, 5) is 18.8. The van der Waals surface area contributed by atoms with Crippen molar-refractivity contribution in [2.45, 2.75) is 40.2 Å². The van der Waals surface area contributed by atoms with Gasteiger partial charge >= 0.3 is 0 Å². The molecule has 0 radical (unpaired) electrons. The molecule has 0 fully saturated rings. The number of halogens is 1. The molecule has 5 aromatic rings. The first kappa shape index (κ1) is 29.9. The van der Waals surface area contributed by atoms with Crippen LogP contribution in [0.5, 0.6) is 17.2 Å². The standard InChI is InChI=1S/C35H34ClN3O4/c1-21(2)28-18-29(23(4)15-31(28)41-5)34-38-30-13-8-7-12-27(30)35(40)39(34)37-19-25-16-26(36)17-32(42-6)33(25)43-20-24-11-9-10-22(3)14-24/h7-19,21H,20H2,1-6H3. The van der Waals surface area contributed by atoms with Gasteiger partial charge < -0.3 is 14.2 Å². The highest BCUT2D eigenvalue weighted by atomic mass is 35.5. The monoisotopic (exact) mass is 595 g/mol. The van der Waals surface area contributed by atoms with E-state index < -0.39 is 0 Å². The normalized spacial score (nSPS) is 11.4. The van der Waals surface area contributed by atoms with Crippen LogP contribution < -0.4 is 19.8 Å². The van der Waals surface area contributed by atoms with Gasteiger partial charge in [0.25, 0.3) is 5.56 Å². The zero-order valence-electron chi connectivity index (χ0n) is 25.1. The second kappa shape index (κ2) is 12.7. The number of aryl methyl sites for hydroxylation is 2. The van der Waals surface area contributed by atoms with Gasteiger partial charge in [-0.25, -0.2) is 4.98 Å². The highest BCUT2D eigenvalue weighted by molar-refractivity contribution is 6.31.